The van der Waals surface area contributed by atoms with Crippen molar-refractivity contribution in [1.82, 2.24) is 5.32 Å². The van der Waals surface area contributed by atoms with Crippen LogP contribution in [0.3, 0.4) is 0 Å². The SMILES string of the molecule is O=C(O)CCNC(=O)c1ccc2cc(N(Cc3ccccc3)C(=O)C3=CCCCC3)ccc2c1. The Balaban J connectivity index is 1.61. The monoisotopic (exact) mass is 456 g/mol. The molecule has 6 nitrogen and oxygen atoms in total. The molecule has 0 saturated heterocycles. The highest BCUT2D eigenvalue weighted by molar-refractivity contribution is 6.07. The molecular formula is C28H28N2O4. The predicted octanol–water partition coefficient (Wildman–Crippen LogP) is 5.08. The highest BCUT2D eigenvalue weighted by Crippen LogP contribution is 2.28. The van der Waals surface area contributed by atoms with Crippen molar-refractivity contribution in [3.05, 3.63) is 89.5 Å². The molecule has 1 aliphatic carbocycles. The Kier molecular flexibility index (Phi) is 7.38. The van der Waals surface area contributed by atoms with Crippen LogP contribution in [0, 0.1) is 0 Å². The molecule has 0 atom stereocenters. The zero-order valence-electron chi connectivity index (χ0n) is 19.0. The zero-order chi connectivity index (χ0) is 23.9. The van der Waals surface area contributed by atoms with E-state index in [9.17, 15) is 14.4 Å². The topological polar surface area (TPSA) is 86.7 Å². The Morgan fingerprint density at radius 2 is 1.68 bits per heavy atom. The van der Waals surface area contributed by atoms with Crippen molar-refractivity contribution in [2.24, 2.45) is 0 Å². The smallest absolute Gasteiger partial charge is 0.305 e. The second-order valence-electron chi connectivity index (χ2n) is 8.50. The number of carboxylic acids is 1. The number of carbonyl (C=O) groups excluding carboxylic acids is 2. The zero-order valence-corrected chi connectivity index (χ0v) is 19.0. The predicted molar refractivity (Wildman–Crippen MR) is 133 cm³/mol. The second-order valence-corrected chi connectivity index (χ2v) is 8.50. The third kappa shape index (κ3) is 5.70. The standard InChI is InChI=1S/C28H28N2O4/c31-26(32)15-16-29-27(33)24-12-11-23-18-25(14-13-22(23)17-24)30(19-20-7-3-1-4-8-20)28(34)21-9-5-2-6-10-21/h1,3-4,7-9,11-14,17-18H,2,5-6,10,15-16,19H2,(H,29,33)(H,31,32). The van der Waals surface area contributed by atoms with E-state index in [1.165, 1.54) is 0 Å². The van der Waals surface area contributed by atoms with Crippen LogP contribution in [0.4, 0.5) is 5.69 Å². The van der Waals surface area contributed by atoms with E-state index in [4.69, 9.17) is 5.11 Å². The number of carboxylic acid groups (broad SMARTS) is 1. The Morgan fingerprint density at radius 1 is 0.912 bits per heavy atom. The van der Waals surface area contributed by atoms with Crippen LogP contribution >= 0.6 is 0 Å². The number of anilines is 1. The van der Waals surface area contributed by atoms with E-state index < -0.39 is 5.97 Å². The molecule has 3 aromatic rings. The van der Waals surface area contributed by atoms with Crippen molar-refractivity contribution in [3.63, 3.8) is 0 Å². The molecular weight excluding hydrogens is 428 g/mol. The molecule has 0 unspecified atom stereocenters. The number of amides is 2. The largest absolute Gasteiger partial charge is 0.481 e. The number of nitrogens with one attached hydrogen (secondary N) is 1. The van der Waals surface area contributed by atoms with Gasteiger partial charge in [-0.05, 0) is 66.3 Å². The molecule has 0 saturated carbocycles. The van der Waals surface area contributed by atoms with Gasteiger partial charge in [-0.15, -0.1) is 0 Å². The first-order valence-electron chi connectivity index (χ1n) is 11.6. The van der Waals surface area contributed by atoms with Gasteiger partial charge in [0.1, 0.15) is 0 Å². The highest BCUT2D eigenvalue weighted by atomic mass is 16.4. The van der Waals surface area contributed by atoms with E-state index in [2.05, 4.69) is 11.4 Å². The first-order valence-corrected chi connectivity index (χ1v) is 11.6. The molecule has 34 heavy (non-hydrogen) atoms. The summed E-state index contributed by atoms with van der Waals surface area (Å²) in [5, 5.41) is 13.2. The van der Waals surface area contributed by atoms with Crippen molar-refractivity contribution >= 4 is 34.2 Å². The summed E-state index contributed by atoms with van der Waals surface area (Å²) in [6.45, 7) is 0.560. The summed E-state index contributed by atoms with van der Waals surface area (Å²) in [4.78, 5) is 38.3. The quantitative estimate of drug-likeness (QED) is 0.495. The fourth-order valence-corrected chi connectivity index (χ4v) is 4.18. The van der Waals surface area contributed by atoms with Crippen LogP contribution < -0.4 is 10.2 Å². The summed E-state index contributed by atoms with van der Waals surface area (Å²) >= 11 is 0. The van der Waals surface area contributed by atoms with Crippen molar-refractivity contribution in [1.29, 1.82) is 0 Å². The summed E-state index contributed by atoms with van der Waals surface area (Å²) in [6.07, 6.45) is 5.85. The van der Waals surface area contributed by atoms with Gasteiger partial charge >= 0.3 is 5.97 Å². The Hall–Kier alpha value is -3.93. The summed E-state index contributed by atoms with van der Waals surface area (Å²) in [7, 11) is 0. The number of carbonyl (C=O) groups is 3. The fourth-order valence-electron chi connectivity index (χ4n) is 4.18. The van der Waals surface area contributed by atoms with E-state index in [0.717, 1.165) is 53.3 Å². The molecule has 2 amide bonds. The van der Waals surface area contributed by atoms with Crippen molar-refractivity contribution in [3.8, 4) is 0 Å². The lowest BCUT2D eigenvalue weighted by molar-refractivity contribution is -0.136. The number of hydrogen-bond acceptors (Lipinski definition) is 3. The molecule has 0 heterocycles. The van der Waals surface area contributed by atoms with Crippen molar-refractivity contribution in [2.45, 2.75) is 38.6 Å². The lowest BCUT2D eigenvalue weighted by Crippen LogP contribution is -2.32. The summed E-state index contributed by atoms with van der Waals surface area (Å²) in [5.41, 5.74) is 3.21. The first kappa shape index (κ1) is 23.2. The lowest BCUT2D eigenvalue weighted by Gasteiger charge is -2.26. The Morgan fingerprint density at radius 3 is 2.41 bits per heavy atom. The van der Waals surface area contributed by atoms with Crippen molar-refractivity contribution in [2.75, 3.05) is 11.4 Å². The minimum atomic E-state index is -0.954. The van der Waals surface area contributed by atoms with E-state index in [-0.39, 0.29) is 24.8 Å². The molecule has 0 bridgehead atoms. The second kappa shape index (κ2) is 10.8. The maximum Gasteiger partial charge on any atom is 0.305 e. The third-order valence-electron chi connectivity index (χ3n) is 6.02. The molecule has 0 radical (unpaired) electrons. The summed E-state index contributed by atoms with van der Waals surface area (Å²) in [5.74, 6) is -1.22. The normalized spacial score (nSPS) is 13.2. The average molecular weight is 457 g/mol. The van der Waals surface area contributed by atoms with Gasteiger partial charge in [0, 0.05) is 23.4 Å². The number of aliphatic carboxylic acids is 1. The first-order chi connectivity index (χ1) is 16.5. The van der Waals surface area contributed by atoms with Crippen LogP contribution in [0.25, 0.3) is 10.8 Å². The molecule has 174 valence electrons. The van der Waals surface area contributed by atoms with Gasteiger partial charge in [0.15, 0.2) is 0 Å². The average Bonchev–Trinajstić information content (AvgIpc) is 2.87. The van der Waals surface area contributed by atoms with Crippen molar-refractivity contribution < 1.29 is 19.5 Å². The molecule has 0 spiro atoms. The van der Waals surface area contributed by atoms with Gasteiger partial charge in [0.05, 0.1) is 13.0 Å². The molecule has 0 aromatic heterocycles. The van der Waals surface area contributed by atoms with Gasteiger partial charge in [-0.3, -0.25) is 14.4 Å². The minimum absolute atomic E-state index is 0.0392. The minimum Gasteiger partial charge on any atom is -0.481 e. The molecule has 3 aromatic carbocycles. The lowest BCUT2D eigenvalue weighted by atomic mass is 9.98. The van der Waals surface area contributed by atoms with Crippen LogP contribution in [0.2, 0.25) is 0 Å². The van der Waals surface area contributed by atoms with Crippen LogP contribution in [0.15, 0.2) is 78.4 Å². The summed E-state index contributed by atoms with van der Waals surface area (Å²) in [6, 6.07) is 21.1. The van der Waals surface area contributed by atoms with Gasteiger partial charge in [0.2, 0.25) is 0 Å². The van der Waals surface area contributed by atoms with E-state index in [1.54, 1.807) is 12.1 Å². The van der Waals surface area contributed by atoms with E-state index >= 15 is 0 Å². The van der Waals surface area contributed by atoms with Crippen LogP contribution in [0.1, 0.15) is 48.0 Å². The molecule has 4 rings (SSSR count). The number of nitrogens with zero attached hydrogens (tertiary/aromatic N) is 1. The molecule has 1 aliphatic rings. The maximum atomic E-state index is 13.5. The number of benzene rings is 3. The van der Waals surface area contributed by atoms with Gasteiger partial charge in [0.25, 0.3) is 11.8 Å². The summed E-state index contributed by atoms with van der Waals surface area (Å²) < 4.78 is 0. The fraction of sp³-hybridized carbons (Fsp3) is 0.250. The highest BCUT2D eigenvalue weighted by Gasteiger charge is 2.22. The number of fused-ring (bicyclic) bond motifs is 1. The van der Waals surface area contributed by atoms with Gasteiger partial charge in [-0.25, -0.2) is 0 Å². The van der Waals surface area contributed by atoms with Crippen LogP contribution in [0.5, 0.6) is 0 Å². The van der Waals surface area contributed by atoms with Crippen LogP contribution in [-0.4, -0.2) is 29.4 Å². The molecule has 2 N–H and O–H groups in total. The van der Waals surface area contributed by atoms with E-state index in [0.29, 0.717) is 12.1 Å². The molecule has 0 aliphatic heterocycles. The maximum absolute atomic E-state index is 13.5. The number of hydrogen-bond donors (Lipinski definition) is 2. The molecule has 0 fully saturated rings. The van der Waals surface area contributed by atoms with Gasteiger partial charge in [-0.1, -0.05) is 48.5 Å². The Labute approximate surface area is 198 Å². The van der Waals surface area contributed by atoms with Crippen LogP contribution in [-0.2, 0) is 16.1 Å². The Bertz CT molecular complexity index is 1230. The van der Waals surface area contributed by atoms with E-state index in [1.807, 2.05) is 59.5 Å². The van der Waals surface area contributed by atoms with Gasteiger partial charge < -0.3 is 15.3 Å². The molecule has 6 heteroatoms. The number of allylic oxidation sites excluding steroid dienone is 1. The van der Waals surface area contributed by atoms with Gasteiger partial charge in [-0.2, -0.15) is 0 Å². The third-order valence-corrected chi connectivity index (χ3v) is 6.02. The number of rotatable bonds is 8.